The van der Waals surface area contributed by atoms with Crippen LogP contribution in [0, 0.1) is 5.41 Å². The smallest absolute Gasteiger partial charge is 0.225 e. The minimum absolute atomic E-state index is 0. The Morgan fingerprint density at radius 2 is 2.12 bits per heavy atom. The molecule has 0 unspecified atom stereocenters. The molecule has 0 atom stereocenters. The van der Waals surface area contributed by atoms with Crippen molar-refractivity contribution in [2.75, 3.05) is 0 Å². The van der Waals surface area contributed by atoms with Gasteiger partial charge in [-0.15, -0.1) is 0 Å². The van der Waals surface area contributed by atoms with Crippen LogP contribution in [0.4, 0.5) is 0 Å². The topological polar surface area (TPSA) is 54.9 Å². The van der Waals surface area contributed by atoms with E-state index in [0.717, 1.165) is 12.1 Å². The van der Waals surface area contributed by atoms with Crippen LogP contribution < -0.4 is 5.32 Å². The van der Waals surface area contributed by atoms with Crippen LogP contribution in [0.15, 0.2) is 18.6 Å². The van der Waals surface area contributed by atoms with Gasteiger partial charge in [-0.05, 0) is 12.5 Å². The molecule has 0 radical (unpaired) electrons. The molecule has 1 N–H and O–H groups in total. The van der Waals surface area contributed by atoms with Gasteiger partial charge < -0.3 is 5.32 Å². The second-order valence-electron chi connectivity index (χ2n) is 4.12. The zero-order valence-corrected chi connectivity index (χ0v) is 11.4. The number of carbonyl (C=O) groups excluding carboxylic acids is 1. The Morgan fingerprint density at radius 1 is 1.47 bits per heavy atom. The van der Waals surface area contributed by atoms with Gasteiger partial charge >= 0.3 is 0 Å². The Hall–Kier alpha value is -1.45. The SMILES string of the molecule is CC.CCC(C)(C)C(=O)NCc1ccncn1.[HH]. The number of hydrogen-bond acceptors (Lipinski definition) is 3. The fourth-order valence-corrected chi connectivity index (χ4v) is 0.993. The molecule has 98 valence electrons. The van der Waals surface area contributed by atoms with Crippen molar-refractivity contribution in [1.82, 2.24) is 15.3 Å². The molecular weight excluding hydrogens is 214 g/mol. The highest BCUT2D eigenvalue weighted by molar-refractivity contribution is 5.81. The van der Waals surface area contributed by atoms with Crippen molar-refractivity contribution in [3.05, 3.63) is 24.3 Å². The Morgan fingerprint density at radius 3 is 2.59 bits per heavy atom. The Balaban J connectivity index is 0. The molecule has 0 saturated heterocycles. The third-order valence-corrected chi connectivity index (χ3v) is 2.57. The first-order valence-corrected chi connectivity index (χ1v) is 6.09. The second-order valence-corrected chi connectivity index (χ2v) is 4.12. The first-order valence-electron chi connectivity index (χ1n) is 6.09. The van der Waals surface area contributed by atoms with Crippen LogP contribution >= 0.6 is 0 Å². The molecule has 4 heteroatoms. The van der Waals surface area contributed by atoms with Gasteiger partial charge in [0.25, 0.3) is 0 Å². The van der Waals surface area contributed by atoms with Crippen LogP contribution in [0.3, 0.4) is 0 Å². The normalized spacial score (nSPS) is 10.2. The number of nitrogens with zero attached hydrogens (tertiary/aromatic N) is 2. The molecule has 1 aromatic rings. The summed E-state index contributed by atoms with van der Waals surface area (Å²) in [4.78, 5) is 19.6. The van der Waals surface area contributed by atoms with E-state index in [1.165, 1.54) is 6.33 Å². The fourth-order valence-electron chi connectivity index (χ4n) is 0.993. The van der Waals surface area contributed by atoms with Crippen molar-refractivity contribution in [3.63, 3.8) is 0 Å². The van der Waals surface area contributed by atoms with Crippen LogP contribution in [-0.2, 0) is 11.3 Å². The molecule has 0 aliphatic carbocycles. The molecule has 0 bridgehead atoms. The van der Waals surface area contributed by atoms with Gasteiger partial charge in [0.05, 0.1) is 12.2 Å². The van der Waals surface area contributed by atoms with Crippen molar-refractivity contribution >= 4 is 5.91 Å². The van der Waals surface area contributed by atoms with E-state index in [2.05, 4.69) is 15.3 Å². The third-order valence-electron chi connectivity index (χ3n) is 2.57. The molecule has 1 amide bonds. The standard InChI is InChI=1S/C11H17N3O.C2H6.H2/c1-4-11(2,3)10(15)13-7-9-5-6-12-8-14-9;1-2;/h5-6,8H,4,7H2,1-3H3,(H,13,15);1-2H3;1H. The number of aromatic nitrogens is 2. The van der Waals surface area contributed by atoms with E-state index in [4.69, 9.17) is 0 Å². The predicted molar refractivity (Wildman–Crippen MR) is 71.4 cm³/mol. The highest BCUT2D eigenvalue weighted by atomic mass is 16.2. The number of nitrogens with one attached hydrogen (secondary N) is 1. The van der Waals surface area contributed by atoms with Gasteiger partial charge in [-0.3, -0.25) is 4.79 Å². The van der Waals surface area contributed by atoms with Crippen molar-refractivity contribution in [3.8, 4) is 0 Å². The molecular formula is C13H25N3O. The molecule has 0 spiro atoms. The van der Waals surface area contributed by atoms with Gasteiger partial charge in [-0.2, -0.15) is 0 Å². The summed E-state index contributed by atoms with van der Waals surface area (Å²) in [6, 6.07) is 1.79. The number of hydrogen-bond donors (Lipinski definition) is 1. The summed E-state index contributed by atoms with van der Waals surface area (Å²) in [5.41, 5.74) is 0.512. The first-order chi connectivity index (χ1) is 8.06. The van der Waals surface area contributed by atoms with Gasteiger partial charge in [0, 0.05) is 13.0 Å². The van der Waals surface area contributed by atoms with Crippen molar-refractivity contribution in [1.29, 1.82) is 0 Å². The lowest BCUT2D eigenvalue weighted by molar-refractivity contribution is -0.129. The fraction of sp³-hybridized carbons (Fsp3) is 0.615. The Kier molecular flexibility index (Phi) is 7.10. The van der Waals surface area contributed by atoms with E-state index < -0.39 is 0 Å². The molecule has 4 nitrogen and oxygen atoms in total. The van der Waals surface area contributed by atoms with Gasteiger partial charge in [0.2, 0.25) is 5.91 Å². The predicted octanol–water partition coefficient (Wildman–Crippen LogP) is 2.80. The van der Waals surface area contributed by atoms with Gasteiger partial charge in [0.15, 0.2) is 0 Å². The molecule has 0 aliphatic heterocycles. The minimum atomic E-state index is -0.312. The van der Waals surface area contributed by atoms with E-state index in [9.17, 15) is 4.79 Å². The first kappa shape index (κ1) is 15.6. The minimum Gasteiger partial charge on any atom is -0.350 e. The lowest BCUT2D eigenvalue weighted by Gasteiger charge is -2.21. The number of rotatable bonds is 4. The van der Waals surface area contributed by atoms with Crippen LogP contribution in [0.25, 0.3) is 0 Å². The molecule has 0 aromatic carbocycles. The van der Waals surface area contributed by atoms with Crippen LogP contribution in [0.5, 0.6) is 0 Å². The van der Waals surface area contributed by atoms with Crippen molar-refractivity contribution < 1.29 is 6.22 Å². The molecule has 0 aliphatic rings. The van der Waals surface area contributed by atoms with Crippen molar-refractivity contribution in [2.24, 2.45) is 5.41 Å². The van der Waals surface area contributed by atoms with Crippen LogP contribution in [0.1, 0.15) is 48.2 Å². The summed E-state index contributed by atoms with van der Waals surface area (Å²) in [6.45, 7) is 10.3. The maximum Gasteiger partial charge on any atom is 0.225 e. The summed E-state index contributed by atoms with van der Waals surface area (Å²) >= 11 is 0. The zero-order valence-electron chi connectivity index (χ0n) is 11.4. The van der Waals surface area contributed by atoms with Gasteiger partial charge in [-0.25, -0.2) is 9.97 Å². The largest absolute Gasteiger partial charge is 0.350 e. The maximum absolute atomic E-state index is 11.7. The average molecular weight is 239 g/mol. The van der Waals surface area contributed by atoms with E-state index in [-0.39, 0.29) is 12.7 Å². The summed E-state index contributed by atoms with van der Waals surface area (Å²) in [6.07, 6.45) is 3.97. The van der Waals surface area contributed by atoms with E-state index in [0.29, 0.717) is 6.54 Å². The summed E-state index contributed by atoms with van der Waals surface area (Å²) in [5, 5.41) is 2.86. The van der Waals surface area contributed by atoms with Crippen LogP contribution in [-0.4, -0.2) is 15.9 Å². The number of carbonyl (C=O) groups is 1. The third kappa shape index (κ3) is 5.43. The number of amides is 1. The molecule has 1 aromatic heterocycles. The average Bonchev–Trinajstić information content (AvgIpc) is 2.39. The quantitative estimate of drug-likeness (QED) is 0.879. The van der Waals surface area contributed by atoms with Gasteiger partial charge in [-0.1, -0.05) is 34.6 Å². The molecule has 1 rings (SSSR count). The zero-order chi connectivity index (χ0) is 13.3. The van der Waals surface area contributed by atoms with E-state index in [1.807, 2.05) is 34.6 Å². The van der Waals surface area contributed by atoms with Crippen LogP contribution in [0.2, 0.25) is 0 Å². The maximum atomic E-state index is 11.7. The summed E-state index contributed by atoms with van der Waals surface area (Å²) < 4.78 is 0. The highest BCUT2D eigenvalue weighted by Crippen LogP contribution is 2.19. The Labute approximate surface area is 105 Å². The monoisotopic (exact) mass is 239 g/mol. The molecule has 17 heavy (non-hydrogen) atoms. The Bertz CT molecular complexity index is 328. The van der Waals surface area contributed by atoms with E-state index in [1.54, 1.807) is 12.3 Å². The van der Waals surface area contributed by atoms with Gasteiger partial charge in [0.1, 0.15) is 6.33 Å². The summed E-state index contributed by atoms with van der Waals surface area (Å²) in [5.74, 6) is 0.0589. The molecule has 1 heterocycles. The van der Waals surface area contributed by atoms with Crippen molar-refractivity contribution in [2.45, 2.75) is 47.6 Å². The van der Waals surface area contributed by atoms with E-state index >= 15 is 0 Å². The molecule has 0 saturated carbocycles. The molecule has 0 fully saturated rings. The summed E-state index contributed by atoms with van der Waals surface area (Å²) in [7, 11) is 0. The lowest BCUT2D eigenvalue weighted by atomic mass is 9.89. The second kappa shape index (κ2) is 7.76. The highest BCUT2D eigenvalue weighted by Gasteiger charge is 2.24. The lowest BCUT2D eigenvalue weighted by Crippen LogP contribution is -2.36.